The van der Waals surface area contributed by atoms with Crippen LogP contribution in [0.5, 0.6) is 0 Å². The predicted molar refractivity (Wildman–Crippen MR) is 63.4 cm³/mol. The van der Waals surface area contributed by atoms with E-state index in [9.17, 15) is 13.2 Å². The van der Waals surface area contributed by atoms with Gasteiger partial charge in [-0.2, -0.15) is 5.26 Å². The van der Waals surface area contributed by atoms with Gasteiger partial charge in [-0.1, -0.05) is 13.8 Å². The van der Waals surface area contributed by atoms with Crippen molar-refractivity contribution < 1.29 is 13.2 Å². The van der Waals surface area contributed by atoms with Gasteiger partial charge in [-0.3, -0.25) is 0 Å². The van der Waals surface area contributed by atoms with E-state index in [0.29, 0.717) is 19.4 Å². The molecule has 0 saturated carbocycles. The van der Waals surface area contributed by atoms with Crippen LogP contribution in [0, 0.1) is 34.2 Å². The molecule has 0 amide bonds. The molecule has 98 valence electrons. The summed E-state index contributed by atoms with van der Waals surface area (Å²) in [6.07, 6.45) is 1.04. The molecular weight excluding hydrogens is 241 g/mol. The molecule has 0 fully saturated rings. The van der Waals surface area contributed by atoms with E-state index < -0.39 is 17.5 Å². The first kappa shape index (κ1) is 14.4. The summed E-state index contributed by atoms with van der Waals surface area (Å²) in [7, 11) is 0. The van der Waals surface area contributed by atoms with E-state index in [1.165, 1.54) is 0 Å². The molecule has 1 N–H and O–H groups in total. The van der Waals surface area contributed by atoms with Gasteiger partial charge in [0.25, 0.3) is 0 Å². The highest BCUT2D eigenvalue weighted by Crippen LogP contribution is 2.25. The molecule has 1 rings (SSSR count). The summed E-state index contributed by atoms with van der Waals surface area (Å²) in [5.41, 5.74) is -0.300. The van der Waals surface area contributed by atoms with Crippen LogP contribution in [0.1, 0.15) is 26.7 Å². The Kier molecular flexibility index (Phi) is 4.60. The third-order valence-corrected chi connectivity index (χ3v) is 2.71. The lowest BCUT2D eigenvalue weighted by atomic mass is 9.88. The lowest BCUT2D eigenvalue weighted by molar-refractivity contribution is 0.362. The summed E-state index contributed by atoms with van der Waals surface area (Å²) in [4.78, 5) is 0. The Morgan fingerprint density at radius 3 is 2.50 bits per heavy atom. The summed E-state index contributed by atoms with van der Waals surface area (Å²) >= 11 is 0. The second-order valence-electron chi connectivity index (χ2n) is 4.90. The maximum absolute atomic E-state index is 13.4. The van der Waals surface area contributed by atoms with Gasteiger partial charge in [-0.05, 0) is 24.0 Å². The van der Waals surface area contributed by atoms with Gasteiger partial charge in [0.15, 0.2) is 17.5 Å². The zero-order valence-corrected chi connectivity index (χ0v) is 10.4. The van der Waals surface area contributed by atoms with E-state index in [4.69, 9.17) is 5.26 Å². The minimum atomic E-state index is -1.48. The van der Waals surface area contributed by atoms with Crippen molar-refractivity contribution in [1.82, 2.24) is 0 Å². The van der Waals surface area contributed by atoms with Crippen molar-refractivity contribution >= 4 is 5.69 Å². The topological polar surface area (TPSA) is 35.8 Å². The van der Waals surface area contributed by atoms with Crippen LogP contribution >= 0.6 is 0 Å². The Morgan fingerprint density at radius 1 is 1.22 bits per heavy atom. The zero-order chi connectivity index (χ0) is 13.8. The van der Waals surface area contributed by atoms with Crippen molar-refractivity contribution in [2.75, 3.05) is 11.9 Å². The first-order valence-electron chi connectivity index (χ1n) is 5.62. The molecular formula is C13H15F3N2. The molecule has 0 aromatic heterocycles. The predicted octanol–water partition coefficient (Wildman–Crippen LogP) is 3.85. The fourth-order valence-electron chi connectivity index (χ4n) is 1.48. The number of nitrogens with one attached hydrogen (secondary N) is 1. The number of halogens is 3. The molecule has 2 nitrogen and oxygen atoms in total. The Labute approximate surface area is 104 Å². The zero-order valence-electron chi connectivity index (χ0n) is 10.4. The van der Waals surface area contributed by atoms with E-state index in [0.717, 1.165) is 12.1 Å². The number of rotatable bonds is 5. The van der Waals surface area contributed by atoms with Crippen molar-refractivity contribution in [3.63, 3.8) is 0 Å². The number of nitriles is 1. The van der Waals surface area contributed by atoms with E-state index in [2.05, 4.69) is 5.32 Å². The first-order valence-corrected chi connectivity index (χ1v) is 5.62. The first-order chi connectivity index (χ1) is 8.37. The molecule has 1 aromatic carbocycles. The second kappa shape index (κ2) is 5.76. The highest BCUT2D eigenvalue weighted by atomic mass is 19.2. The van der Waals surface area contributed by atoms with Gasteiger partial charge in [0.05, 0.1) is 11.8 Å². The van der Waals surface area contributed by atoms with Crippen LogP contribution in [0.15, 0.2) is 12.1 Å². The standard InChI is InChI=1S/C13H15F3N2/c1-13(2,6-3-7-17)8-18-10-5-4-9(14)11(15)12(10)16/h4-5,18H,3,6,8H2,1-2H3. The Balaban J connectivity index is 2.70. The molecule has 0 bridgehead atoms. The highest BCUT2D eigenvalue weighted by molar-refractivity contribution is 5.45. The summed E-state index contributed by atoms with van der Waals surface area (Å²) in [5.74, 6) is -3.90. The van der Waals surface area contributed by atoms with E-state index in [1.807, 2.05) is 19.9 Å². The maximum Gasteiger partial charge on any atom is 0.196 e. The van der Waals surface area contributed by atoms with E-state index >= 15 is 0 Å². The van der Waals surface area contributed by atoms with Gasteiger partial charge in [0.2, 0.25) is 0 Å². The molecule has 18 heavy (non-hydrogen) atoms. The molecule has 0 atom stereocenters. The molecule has 0 heterocycles. The van der Waals surface area contributed by atoms with Crippen LogP contribution in [-0.2, 0) is 0 Å². The molecule has 0 unspecified atom stereocenters. The Hall–Kier alpha value is -1.70. The fraction of sp³-hybridized carbons (Fsp3) is 0.462. The SMILES string of the molecule is CC(C)(CCC#N)CNc1ccc(F)c(F)c1F. The second-order valence-corrected chi connectivity index (χ2v) is 4.90. The molecule has 0 saturated heterocycles. The Bertz CT molecular complexity index is 464. The van der Waals surface area contributed by atoms with Gasteiger partial charge < -0.3 is 5.32 Å². The molecule has 0 aliphatic heterocycles. The van der Waals surface area contributed by atoms with Crippen LogP contribution < -0.4 is 5.32 Å². The largest absolute Gasteiger partial charge is 0.382 e. The molecule has 0 radical (unpaired) electrons. The van der Waals surface area contributed by atoms with E-state index in [1.54, 1.807) is 0 Å². The van der Waals surface area contributed by atoms with Crippen molar-refractivity contribution in [2.24, 2.45) is 5.41 Å². The van der Waals surface area contributed by atoms with Gasteiger partial charge in [-0.25, -0.2) is 13.2 Å². The van der Waals surface area contributed by atoms with Crippen LogP contribution in [0.2, 0.25) is 0 Å². The molecule has 0 aliphatic carbocycles. The number of anilines is 1. The normalized spacial score (nSPS) is 11.1. The lowest BCUT2D eigenvalue weighted by Crippen LogP contribution is -2.23. The maximum atomic E-state index is 13.4. The fourth-order valence-corrected chi connectivity index (χ4v) is 1.48. The highest BCUT2D eigenvalue weighted by Gasteiger charge is 2.19. The molecule has 1 aromatic rings. The number of hydrogen-bond acceptors (Lipinski definition) is 2. The van der Waals surface area contributed by atoms with Crippen LogP contribution in [-0.4, -0.2) is 6.54 Å². The summed E-state index contributed by atoms with van der Waals surface area (Å²) < 4.78 is 39.1. The average Bonchev–Trinajstić information content (AvgIpc) is 2.33. The quantitative estimate of drug-likeness (QED) is 0.812. The number of hydrogen-bond donors (Lipinski definition) is 1. The van der Waals surface area contributed by atoms with Gasteiger partial charge in [0.1, 0.15) is 0 Å². The summed E-state index contributed by atoms with van der Waals surface area (Å²) in [5, 5.41) is 11.2. The average molecular weight is 256 g/mol. The van der Waals surface area contributed by atoms with Crippen LogP contribution in [0.4, 0.5) is 18.9 Å². The van der Waals surface area contributed by atoms with Gasteiger partial charge >= 0.3 is 0 Å². The van der Waals surface area contributed by atoms with Crippen molar-refractivity contribution in [3.05, 3.63) is 29.6 Å². The van der Waals surface area contributed by atoms with Crippen molar-refractivity contribution in [3.8, 4) is 6.07 Å². The molecule has 0 aliphatic rings. The van der Waals surface area contributed by atoms with Crippen molar-refractivity contribution in [2.45, 2.75) is 26.7 Å². The Morgan fingerprint density at radius 2 is 1.89 bits per heavy atom. The third-order valence-electron chi connectivity index (χ3n) is 2.71. The minimum absolute atomic E-state index is 0.0704. The van der Waals surface area contributed by atoms with Crippen LogP contribution in [0.3, 0.4) is 0 Å². The molecule has 0 spiro atoms. The number of nitrogens with zero attached hydrogens (tertiary/aromatic N) is 1. The summed E-state index contributed by atoms with van der Waals surface area (Å²) in [6.45, 7) is 4.20. The van der Waals surface area contributed by atoms with Crippen molar-refractivity contribution in [1.29, 1.82) is 5.26 Å². The third kappa shape index (κ3) is 3.66. The number of benzene rings is 1. The van der Waals surface area contributed by atoms with E-state index in [-0.39, 0.29) is 11.1 Å². The lowest BCUT2D eigenvalue weighted by Gasteiger charge is -2.24. The van der Waals surface area contributed by atoms with Gasteiger partial charge in [-0.15, -0.1) is 0 Å². The summed E-state index contributed by atoms with van der Waals surface area (Å²) in [6, 6.07) is 4.08. The monoisotopic (exact) mass is 256 g/mol. The van der Waals surface area contributed by atoms with Crippen LogP contribution in [0.25, 0.3) is 0 Å². The van der Waals surface area contributed by atoms with Gasteiger partial charge in [0, 0.05) is 13.0 Å². The minimum Gasteiger partial charge on any atom is -0.382 e. The smallest absolute Gasteiger partial charge is 0.196 e. The molecule has 5 heteroatoms.